The van der Waals surface area contributed by atoms with Crippen LogP contribution in [0.3, 0.4) is 0 Å². The Morgan fingerprint density at radius 2 is 1.97 bits per heavy atom. The summed E-state index contributed by atoms with van der Waals surface area (Å²) >= 11 is 1.69. The number of allylic oxidation sites excluding steroid dienone is 1. The van der Waals surface area contributed by atoms with E-state index >= 15 is 0 Å². The van der Waals surface area contributed by atoms with E-state index in [1.807, 2.05) is 27.1 Å². The number of thioether (sulfide) groups is 1. The summed E-state index contributed by atoms with van der Waals surface area (Å²) in [6, 6.07) is 0. The van der Waals surface area contributed by atoms with Crippen molar-refractivity contribution in [2.45, 2.75) is 96.9 Å². The van der Waals surface area contributed by atoms with Crippen molar-refractivity contribution in [3.8, 4) is 5.88 Å². The first-order valence-electron chi connectivity index (χ1n) is 11.5. The lowest BCUT2D eigenvalue weighted by atomic mass is 10.0. The molecule has 6 nitrogen and oxygen atoms in total. The number of aliphatic hydroxyl groups excluding tert-OH is 1. The summed E-state index contributed by atoms with van der Waals surface area (Å²) in [5.41, 5.74) is 1.27. The van der Waals surface area contributed by atoms with E-state index in [-0.39, 0.29) is 0 Å². The Balaban J connectivity index is 0.00000407. The van der Waals surface area contributed by atoms with E-state index in [4.69, 9.17) is 9.26 Å². The van der Waals surface area contributed by atoms with Crippen LogP contribution in [0, 0.1) is 5.92 Å². The van der Waals surface area contributed by atoms with Crippen LogP contribution in [-0.2, 0) is 0 Å². The molecule has 1 aromatic rings. The second-order valence-corrected chi connectivity index (χ2v) is 8.70. The standard InChI is InChI=1S/C21H39N3O3S.C2H6/c1-7-10-17(9-3)28-19-18(27-24-21(19)26-12-11-22-6)20(25)23-14-16(8-2)13-15(4)5;1-2/h14-15,17,20,22-23,25H,7-13H2,1-6H3;1-2H3/b16-14+;. The number of nitrogens with one attached hydrogen (secondary N) is 2. The van der Waals surface area contributed by atoms with Crippen molar-refractivity contribution in [3.63, 3.8) is 0 Å². The molecular weight excluding hydrogens is 398 g/mol. The van der Waals surface area contributed by atoms with Gasteiger partial charge in [0.05, 0.1) is 0 Å². The summed E-state index contributed by atoms with van der Waals surface area (Å²) in [5, 5.41) is 21.4. The van der Waals surface area contributed by atoms with Crippen molar-refractivity contribution >= 4 is 11.8 Å². The topological polar surface area (TPSA) is 79.5 Å². The zero-order chi connectivity index (χ0) is 22.9. The molecule has 0 radical (unpaired) electrons. The lowest BCUT2D eigenvalue weighted by Crippen LogP contribution is -2.17. The molecule has 0 aromatic carbocycles. The fraction of sp³-hybridized carbons (Fsp3) is 0.783. The summed E-state index contributed by atoms with van der Waals surface area (Å²) in [6.45, 7) is 16.1. The van der Waals surface area contributed by atoms with Gasteiger partial charge in [0.2, 0.25) is 5.76 Å². The van der Waals surface area contributed by atoms with Crippen LogP contribution < -0.4 is 15.4 Å². The first kappa shape index (κ1) is 28.8. The lowest BCUT2D eigenvalue weighted by Gasteiger charge is -2.16. The van der Waals surface area contributed by atoms with Crippen LogP contribution in [0.5, 0.6) is 5.88 Å². The molecule has 2 unspecified atom stereocenters. The fourth-order valence-corrected chi connectivity index (χ4v) is 4.16. The molecule has 0 spiro atoms. The maximum atomic E-state index is 10.7. The van der Waals surface area contributed by atoms with Crippen LogP contribution in [0.25, 0.3) is 0 Å². The van der Waals surface area contributed by atoms with E-state index in [9.17, 15) is 5.11 Å². The number of aromatic nitrogens is 1. The molecule has 1 heterocycles. The molecular formula is C23H45N3O3S. The highest BCUT2D eigenvalue weighted by atomic mass is 32.2. The molecule has 0 amide bonds. The molecule has 2 atom stereocenters. The maximum Gasteiger partial charge on any atom is 0.268 e. The third kappa shape index (κ3) is 10.7. The molecule has 1 rings (SSSR count). The van der Waals surface area contributed by atoms with Gasteiger partial charge in [-0.1, -0.05) is 60.5 Å². The minimum Gasteiger partial charge on any atom is -0.473 e. The molecule has 176 valence electrons. The highest BCUT2D eigenvalue weighted by Crippen LogP contribution is 2.39. The Hall–Kier alpha value is -1.18. The summed E-state index contributed by atoms with van der Waals surface area (Å²) < 4.78 is 11.3. The number of hydrogen-bond acceptors (Lipinski definition) is 7. The molecule has 0 fully saturated rings. The van der Waals surface area contributed by atoms with E-state index in [0.29, 0.717) is 29.4 Å². The van der Waals surface area contributed by atoms with Gasteiger partial charge in [0.15, 0.2) is 6.23 Å². The first-order chi connectivity index (χ1) is 14.5. The van der Waals surface area contributed by atoms with Crippen LogP contribution >= 0.6 is 11.8 Å². The highest BCUT2D eigenvalue weighted by molar-refractivity contribution is 8.00. The molecule has 0 aliphatic rings. The van der Waals surface area contributed by atoms with Crippen molar-refractivity contribution in [2.24, 2.45) is 5.92 Å². The maximum absolute atomic E-state index is 10.7. The van der Waals surface area contributed by atoms with Crippen molar-refractivity contribution in [3.05, 3.63) is 17.5 Å². The van der Waals surface area contributed by atoms with Crippen molar-refractivity contribution in [1.29, 1.82) is 0 Å². The molecule has 7 heteroatoms. The van der Waals surface area contributed by atoms with Gasteiger partial charge in [0, 0.05) is 11.8 Å². The largest absolute Gasteiger partial charge is 0.473 e. The van der Waals surface area contributed by atoms with Crippen LogP contribution in [0.15, 0.2) is 21.2 Å². The predicted molar refractivity (Wildman–Crippen MR) is 128 cm³/mol. The third-order valence-corrected chi connectivity index (χ3v) is 5.92. The van der Waals surface area contributed by atoms with Crippen LogP contribution in [0.2, 0.25) is 0 Å². The van der Waals surface area contributed by atoms with Gasteiger partial charge < -0.3 is 25.0 Å². The SMILES string of the molecule is CC.CCCC(CC)Sc1c(OCCNC)noc1C(O)N/C=C(\CC)CC(C)C. The predicted octanol–water partition coefficient (Wildman–Crippen LogP) is 5.89. The van der Waals surface area contributed by atoms with E-state index in [2.05, 4.69) is 50.4 Å². The first-order valence-corrected chi connectivity index (χ1v) is 12.4. The summed E-state index contributed by atoms with van der Waals surface area (Å²) in [5.74, 6) is 1.47. The average molecular weight is 444 g/mol. The minimum atomic E-state index is -0.954. The monoisotopic (exact) mass is 443 g/mol. The zero-order valence-electron chi connectivity index (χ0n) is 20.4. The Kier molecular flexibility index (Phi) is 16.8. The van der Waals surface area contributed by atoms with Crippen LogP contribution in [-0.4, -0.2) is 35.7 Å². The van der Waals surface area contributed by atoms with Gasteiger partial charge in [-0.25, -0.2) is 0 Å². The van der Waals surface area contributed by atoms with Gasteiger partial charge in [0.1, 0.15) is 11.5 Å². The highest BCUT2D eigenvalue weighted by Gasteiger charge is 2.26. The van der Waals surface area contributed by atoms with Crippen molar-refractivity contribution < 1.29 is 14.4 Å². The molecule has 3 N–H and O–H groups in total. The Morgan fingerprint density at radius 1 is 1.27 bits per heavy atom. The molecule has 0 bridgehead atoms. The Bertz CT molecular complexity index is 576. The second-order valence-electron chi connectivity index (χ2n) is 7.39. The van der Waals surface area contributed by atoms with Crippen molar-refractivity contribution in [2.75, 3.05) is 20.2 Å². The molecule has 0 saturated carbocycles. The van der Waals surface area contributed by atoms with E-state index in [1.165, 1.54) is 5.57 Å². The van der Waals surface area contributed by atoms with E-state index < -0.39 is 6.23 Å². The number of ether oxygens (including phenoxy) is 1. The van der Waals surface area contributed by atoms with Gasteiger partial charge in [-0.15, -0.1) is 11.8 Å². The zero-order valence-corrected chi connectivity index (χ0v) is 21.2. The number of aliphatic hydroxyl groups is 1. The number of hydrogen-bond donors (Lipinski definition) is 3. The average Bonchev–Trinajstić information content (AvgIpc) is 3.14. The van der Waals surface area contributed by atoms with Gasteiger partial charge in [-0.3, -0.25) is 0 Å². The molecule has 0 aliphatic carbocycles. The summed E-state index contributed by atoms with van der Waals surface area (Å²) in [6.07, 6.45) is 6.15. The summed E-state index contributed by atoms with van der Waals surface area (Å²) in [4.78, 5) is 0.798. The molecule has 30 heavy (non-hydrogen) atoms. The fourth-order valence-electron chi connectivity index (χ4n) is 2.84. The van der Waals surface area contributed by atoms with E-state index in [1.54, 1.807) is 11.8 Å². The van der Waals surface area contributed by atoms with Crippen molar-refractivity contribution in [1.82, 2.24) is 15.8 Å². The summed E-state index contributed by atoms with van der Waals surface area (Å²) in [7, 11) is 1.88. The third-order valence-electron chi connectivity index (χ3n) is 4.40. The second kappa shape index (κ2) is 17.5. The number of nitrogens with zero attached hydrogens (tertiary/aromatic N) is 1. The Labute approximate surface area is 188 Å². The van der Waals surface area contributed by atoms with E-state index in [0.717, 1.165) is 43.5 Å². The normalized spacial score (nSPS) is 13.6. The molecule has 0 saturated heterocycles. The minimum absolute atomic E-state index is 0.426. The van der Waals surface area contributed by atoms with Gasteiger partial charge in [-0.05, 0) is 50.0 Å². The van der Waals surface area contributed by atoms with Gasteiger partial charge >= 0.3 is 0 Å². The van der Waals surface area contributed by atoms with Gasteiger partial charge in [0.25, 0.3) is 5.88 Å². The molecule has 0 aliphatic heterocycles. The molecule has 1 aromatic heterocycles. The number of likely N-dealkylation sites (N-methyl/N-ethyl adjacent to an activating group) is 1. The number of rotatable bonds is 15. The van der Waals surface area contributed by atoms with Crippen LogP contribution in [0.1, 0.15) is 92.6 Å². The lowest BCUT2D eigenvalue weighted by molar-refractivity contribution is 0.116. The quantitative estimate of drug-likeness (QED) is 0.177. The van der Waals surface area contributed by atoms with Gasteiger partial charge in [-0.2, -0.15) is 0 Å². The Morgan fingerprint density at radius 3 is 2.50 bits per heavy atom. The van der Waals surface area contributed by atoms with Crippen LogP contribution in [0.4, 0.5) is 0 Å². The smallest absolute Gasteiger partial charge is 0.268 e.